The molecule has 1 aromatic rings. The summed E-state index contributed by atoms with van der Waals surface area (Å²) < 4.78 is 4.95. The summed E-state index contributed by atoms with van der Waals surface area (Å²) in [5.74, 6) is 0. The molecule has 1 aromatic carbocycles. The molecule has 0 aliphatic heterocycles. The lowest BCUT2D eigenvalue weighted by molar-refractivity contribution is 0.174. The number of aliphatic hydroxyl groups excluding tert-OH is 1. The molecule has 4 nitrogen and oxygen atoms in total. The van der Waals surface area contributed by atoms with Gasteiger partial charge >= 0.3 is 0 Å². The number of ether oxygens (including phenoxy) is 1. The van der Waals surface area contributed by atoms with Gasteiger partial charge in [-0.2, -0.15) is 5.26 Å². The van der Waals surface area contributed by atoms with Gasteiger partial charge in [0.05, 0.1) is 28.9 Å². The summed E-state index contributed by atoms with van der Waals surface area (Å²) >= 11 is 5.91. The second-order valence-electron chi connectivity index (χ2n) is 3.58. The first-order valence-corrected chi connectivity index (χ1v) is 5.65. The van der Waals surface area contributed by atoms with Crippen LogP contribution in [0.15, 0.2) is 18.2 Å². The minimum atomic E-state index is -0.152. The van der Waals surface area contributed by atoms with Gasteiger partial charge < -0.3 is 15.2 Å². The van der Waals surface area contributed by atoms with Gasteiger partial charge in [-0.1, -0.05) is 17.7 Å². The topological polar surface area (TPSA) is 65.3 Å². The first-order chi connectivity index (χ1) is 8.22. The van der Waals surface area contributed by atoms with E-state index >= 15 is 0 Å². The van der Waals surface area contributed by atoms with E-state index in [9.17, 15) is 5.11 Å². The van der Waals surface area contributed by atoms with Gasteiger partial charge in [0, 0.05) is 13.7 Å². The van der Waals surface area contributed by atoms with Crippen LogP contribution in [0, 0.1) is 11.3 Å². The lowest BCUT2D eigenvalue weighted by Crippen LogP contribution is -2.25. The number of benzene rings is 1. The van der Waals surface area contributed by atoms with Crippen molar-refractivity contribution in [2.24, 2.45) is 0 Å². The zero-order valence-electron chi connectivity index (χ0n) is 9.61. The SMILES string of the molecule is COCCC(CO)Nc1cccc(Cl)c1C#N. The van der Waals surface area contributed by atoms with Crippen molar-refractivity contribution in [3.8, 4) is 6.07 Å². The zero-order valence-corrected chi connectivity index (χ0v) is 10.4. The van der Waals surface area contributed by atoms with Crippen LogP contribution in [0.2, 0.25) is 5.02 Å². The number of rotatable bonds is 6. The van der Waals surface area contributed by atoms with E-state index in [0.717, 1.165) is 0 Å². The number of nitrogens with zero attached hydrogens (tertiary/aromatic N) is 1. The first kappa shape index (κ1) is 13.8. The summed E-state index contributed by atoms with van der Waals surface area (Å²) in [6.45, 7) is 0.515. The molecule has 0 saturated carbocycles. The Morgan fingerprint density at radius 1 is 1.59 bits per heavy atom. The third kappa shape index (κ3) is 3.90. The van der Waals surface area contributed by atoms with E-state index in [-0.39, 0.29) is 12.6 Å². The summed E-state index contributed by atoms with van der Waals surface area (Å²) in [5, 5.41) is 21.7. The summed E-state index contributed by atoms with van der Waals surface area (Å²) in [6, 6.07) is 7.07. The number of nitrogens with one attached hydrogen (secondary N) is 1. The highest BCUT2D eigenvalue weighted by Gasteiger charge is 2.11. The lowest BCUT2D eigenvalue weighted by Gasteiger charge is -2.18. The van der Waals surface area contributed by atoms with E-state index in [0.29, 0.717) is 29.3 Å². The molecule has 1 rings (SSSR count). The molecule has 0 saturated heterocycles. The maximum Gasteiger partial charge on any atom is 0.103 e. The van der Waals surface area contributed by atoms with Crippen LogP contribution in [0.3, 0.4) is 0 Å². The standard InChI is InChI=1S/C12H15ClN2O2/c1-17-6-5-9(8-16)15-12-4-2-3-11(13)10(12)7-14/h2-4,9,15-16H,5-6,8H2,1H3. The maximum absolute atomic E-state index is 9.21. The van der Waals surface area contributed by atoms with Gasteiger partial charge in [0.1, 0.15) is 6.07 Å². The Morgan fingerprint density at radius 3 is 2.94 bits per heavy atom. The fourth-order valence-corrected chi connectivity index (χ4v) is 1.66. The molecule has 0 aliphatic rings. The predicted octanol–water partition coefficient (Wildman–Crippen LogP) is 2.02. The van der Waals surface area contributed by atoms with Crippen molar-refractivity contribution in [2.75, 3.05) is 25.6 Å². The van der Waals surface area contributed by atoms with Gasteiger partial charge in [-0.05, 0) is 18.6 Å². The van der Waals surface area contributed by atoms with E-state index in [2.05, 4.69) is 5.32 Å². The molecule has 2 N–H and O–H groups in total. The molecule has 0 radical (unpaired) electrons. The average molecular weight is 255 g/mol. The number of methoxy groups -OCH3 is 1. The van der Waals surface area contributed by atoms with Crippen molar-refractivity contribution in [3.05, 3.63) is 28.8 Å². The minimum absolute atomic E-state index is 0.0270. The average Bonchev–Trinajstić information content (AvgIpc) is 2.34. The molecule has 0 aromatic heterocycles. The molecule has 0 bridgehead atoms. The van der Waals surface area contributed by atoms with Crippen molar-refractivity contribution in [2.45, 2.75) is 12.5 Å². The normalized spacial score (nSPS) is 11.9. The van der Waals surface area contributed by atoms with E-state index < -0.39 is 0 Å². The number of aliphatic hydroxyl groups is 1. The Morgan fingerprint density at radius 2 is 2.35 bits per heavy atom. The third-order valence-corrected chi connectivity index (χ3v) is 2.69. The Kier molecular flexibility index (Phi) is 5.78. The Bertz CT molecular complexity index is 404. The fourth-order valence-electron chi connectivity index (χ4n) is 1.45. The van der Waals surface area contributed by atoms with Crippen LogP contribution in [0.5, 0.6) is 0 Å². The van der Waals surface area contributed by atoms with Crippen molar-refractivity contribution in [3.63, 3.8) is 0 Å². The van der Waals surface area contributed by atoms with Crippen molar-refractivity contribution < 1.29 is 9.84 Å². The van der Waals surface area contributed by atoms with E-state index in [4.69, 9.17) is 21.6 Å². The van der Waals surface area contributed by atoms with Gasteiger partial charge in [-0.15, -0.1) is 0 Å². The second-order valence-corrected chi connectivity index (χ2v) is 3.99. The molecule has 5 heteroatoms. The number of hydrogen-bond acceptors (Lipinski definition) is 4. The van der Waals surface area contributed by atoms with Crippen LogP contribution in [0.4, 0.5) is 5.69 Å². The monoisotopic (exact) mass is 254 g/mol. The molecular weight excluding hydrogens is 240 g/mol. The van der Waals surface area contributed by atoms with E-state index in [1.54, 1.807) is 25.3 Å². The smallest absolute Gasteiger partial charge is 0.103 e. The fraction of sp³-hybridized carbons (Fsp3) is 0.417. The molecule has 0 fully saturated rings. The number of nitriles is 1. The van der Waals surface area contributed by atoms with Gasteiger partial charge in [-0.25, -0.2) is 0 Å². The van der Waals surface area contributed by atoms with Crippen LogP contribution in [-0.4, -0.2) is 31.5 Å². The highest BCUT2D eigenvalue weighted by molar-refractivity contribution is 6.32. The molecule has 1 atom stereocenters. The Labute approximate surface area is 106 Å². The summed E-state index contributed by atoms with van der Waals surface area (Å²) in [5.41, 5.74) is 1.03. The molecule has 92 valence electrons. The van der Waals surface area contributed by atoms with Crippen molar-refractivity contribution in [1.29, 1.82) is 5.26 Å². The largest absolute Gasteiger partial charge is 0.394 e. The molecule has 17 heavy (non-hydrogen) atoms. The van der Waals surface area contributed by atoms with E-state index in [1.165, 1.54) is 0 Å². The molecular formula is C12H15ClN2O2. The van der Waals surface area contributed by atoms with Gasteiger partial charge in [-0.3, -0.25) is 0 Å². The van der Waals surface area contributed by atoms with Crippen LogP contribution in [0.1, 0.15) is 12.0 Å². The van der Waals surface area contributed by atoms with Crippen LogP contribution in [-0.2, 0) is 4.74 Å². The quantitative estimate of drug-likeness (QED) is 0.815. The summed E-state index contributed by atoms with van der Waals surface area (Å²) in [4.78, 5) is 0. The first-order valence-electron chi connectivity index (χ1n) is 5.27. The highest BCUT2D eigenvalue weighted by atomic mass is 35.5. The lowest BCUT2D eigenvalue weighted by atomic mass is 10.1. The van der Waals surface area contributed by atoms with E-state index in [1.807, 2.05) is 6.07 Å². The highest BCUT2D eigenvalue weighted by Crippen LogP contribution is 2.24. The Hall–Kier alpha value is -1.28. The van der Waals surface area contributed by atoms with Crippen molar-refractivity contribution in [1.82, 2.24) is 0 Å². The van der Waals surface area contributed by atoms with Crippen LogP contribution >= 0.6 is 11.6 Å². The second kappa shape index (κ2) is 7.13. The number of halogens is 1. The zero-order chi connectivity index (χ0) is 12.7. The molecule has 1 unspecified atom stereocenters. The van der Waals surface area contributed by atoms with Gasteiger partial charge in [0.25, 0.3) is 0 Å². The van der Waals surface area contributed by atoms with Crippen LogP contribution in [0.25, 0.3) is 0 Å². The maximum atomic E-state index is 9.21. The minimum Gasteiger partial charge on any atom is -0.394 e. The Balaban J connectivity index is 2.79. The summed E-state index contributed by atoms with van der Waals surface area (Å²) in [6.07, 6.45) is 0.657. The summed E-state index contributed by atoms with van der Waals surface area (Å²) in [7, 11) is 1.61. The third-order valence-electron chi connectivity index (χ3n) is 2.38. The molecule has 0 heterocycles. The molecule has 0 spiro atoms. The number of anilines is 1. The van der Waals surface area contributed by atoms with Gasteiger partial charge in [0.2, 0.25) is 0 Å². The predicted molar refractivity (Wildman–Crippen MR) is 67.2 cm³/mol. The van der Waals surface area contributed by atoms with Gasteiger partial charge in [0.15, 0.2) is 0 Å². The molecule has 0 amide bonds. The van der Waals surface area contributed by atoms with Crippen molar-refractivity contribution >= 4 is 17.3 Å². The van der Waals surface area contributed by atoms with Crippen LogP contribution < -0.4 is 5.32 Å². The molecule has 0 aliphatic carbocycles. The number of hydrogen-bond donors (Lipinski definition) is 2.